The summed E-state index contributed by atoms with van der Waals surface area (Å²) in [5, 5.41) is 3.10. The molecule has 3 aromatic rings. The zero-order chi connectivity index (χ0) is 20.4. The highest BCUT2D eigenvalue weighted by atomic mass is 35.5. The van der Waals surface area contributed by atoms with Gasteiger partial charge >= 0.3 is 11.7 Å². The van der Waals surface area contributed by atoms with Crippen LogP contribution in [0.25, 0.3) is 10.9 Å². The quantitative estimate of drug-likeness (QED) is 0.652. The number of nitrogens with one attached hydrogen (secondary N) is 2. The lowest BCUT2D eigenvalue weighted by atomic mass is 10.1. The van der Waals surface area contributed by atoms with E-state index in [0.717, 1.165) is 4.57 Å². The molecule has 1 atom stereocenters. The molecule has 0 aliphatic rings. The largest absolute Gasteiger partial charge is 0.465 e. The van der Waals surface area contributed by atoms with Crippen molar-refractivity contribution in [2.45, 2.75) is 13.0 Å². The molecule has 1 aromatic heterocycles. The third-order valence-electron chi connectivity index (χ3n) is 4.25. The number of halogens is 1. The molecule has 8 nitrogen and oxygen atoms in total. The number of aromatic amines is 1. The molecule has 0 bridgehead atoms. The van der Waals surface area contributed by atoms with Gasteiger partial charge in [-0.1, -0.05) is 23.7 Å². The number of H-pyrrole nitrogens is 1. The highest BCUT2D eigenvalue weighted by Crippen LogP contribution is 2.23. The van der Waals surface area contributed by atoms with E-state index in [-0.39, 0.29) is 21.7 Å². The minimum Gasteiger partial charge on any atom is -0.465 e. The van der Waals surface area contributed by atoms with Gasteiger partial charge in [0.1, 0.15) is 6.04 Å². The first-order valence-corrected chi connectivity index (χ1v) is 8.63. The van der Waals surface area contributed by atoms with Crippen LogP contribution in [0.1, 0.15) is 23.3 Å². The second kappa shape index (κ2) is 7.69. The number of benzene rings is 2. The number of fused-ring (bicyclic) bond motifs is 1. The second-order valence-corrected chi connectivity index (χ2v) is 6.43. The Balaban J connectivity index is 2.00. The van der Waals surface area contributed by atoms with Crippen LogP contribution in [0.5, 0.6) is 0 Å². The van der Waals surface area contributed by atoms with Gasteiger partial charge < -0.3 is 15.0 Å². The average molecular weight is 402 g/mol. The van der Waals surface area contributed by atoms with Crippen LogP contribution in [0, 0.1) is 0 Å². The van der Waals surface area contributed by atoms with Gasteiger partial charge in [0.25, 0.3) is 5.56 Å². The molecule has 1 unspecified atom stereocenters. The molecular formula is C19H16ClN3O5. The van der Waals surface area contributed by atoms with Crippen molar-refractivity contribution in [3.63, 3.8) is 0 Å². The Kier molecular flexibility index (Phi) is 5.32. The van der Waals surface area contributed by atoms with E-state index in [2.05, 4.69) is 15.0 Å². The van der Waals surface area contributed by atoms with Crippen molar-refractivity contribution in [1.82, 2.24) is 9.55 Å². The first-order chi connectivity index (χ1) is 13.3. The van der Waals surface area contributed by atoms with Crippen molar-refractivity contribution in [2.24, 2.45) is 0 Å². The van der Waals surface area contributed by atoms with E-state index in [1.165, 1.54) is 32.2 Å². The first-order valence-electron chi connectivity index (χ1n) is 8.25. The van der Waals surface area contributed by atoms with E-state index in [1.54, 1.807) is 24.3 Å². The molecule has 28 heavy (non-hydrogen) atoms. The topological polar surface area (TPSA) is 110 Å². The van der Waals surface area contributed by atoms with Crippen LogP contribution in [-0.4, -0.2) is 28.5 Å². The molecule has 2 N–H and O–H groups in total. The number of rotatable bonds is 4. The Morgan fingerprint density at radius 2 is 1.89 bits per heavy atom. The Morgan fingerprint density at radius 1 is 1.18 bits per heavy atom. The Labute approximate surface area is 163 Å². The molecule has 9 heteroatoms. The maximum Gasteiger partial charge on any atom is 0.339 e. The van der Waals surface area contributed by atoms with Crippen molar-refractivity contribution >= 4 is 40.1 Å². The Hall–Kier alpha value is -3.39. The van der Waals surface area contributed by atoms with Gasteiger partial charge in [-0.05, 0) is 37.3 Å². The normalized spacial score (nSPS) is 11.8. The standard InChI is InChI=1S/C19H16ClN3O5/c1-10(23-17(25)12-5-3-4-6-14(12)22-19(23)27)16(24)21-15-9-11(20)7-8-13(15)18(26)28-2/h3-10H,1-2H3,(H,21,24)(H,22,27). The summed E-state index contributed by atoms with van der Waals surface area (Å²) in [6, 6.07) is 9.62. The molecule has 0 aliphatic heterocycles. The summed E-state index contributed by atoms with van der Waals surface area (Å²) in [7, 11) is 1.21. The lowest BCUT2D eigenvalue weighted by Gasteiger charge is -2.16. The first kappa shape index (κ1) is 19.4. The number of ether oxygens (including phenoxy) is 1. The van der Waals surface area contributed by atoms with Crippen molar-refractivity contribution in [3.8, 4) is 0 Å². The van der Waals surface area contributed by atoms with Gasteiger partial charge in [0.2, 0.25) is 5.91 Å². The lowest BCUT2D eigenvalue weighted by Crippen LogP contribution is -2.41. The highest BCUT2D eigenvalue weighted by Gasteiger charge is 2.22. The van der Waals surface area contributed by atoms with Crippen molar-refractivity contribution in [1.29, 1.82) is 0 Å². The van der Waals surface area contributed by atoms with Crippen LogP contribution in [0.15, 0.2) is 52.1 Å². The van der Waals surface area contributed by atoms with E-state index >= 15 is 0 Å². The van der Waals surface area contributed by atoms with Crippen LogP contribution >= 0.6 is 11.6 Å². The highest BCUT2D eigenvalue weighted by molar-refractivity contribution is 6.31. The number of carbonyl (C=O) groups excluding carboxylic acids is 2. The molecule has 0 saturated carbocycles. The molecule has 2 aromatic carbocycles. The van der Waals surface area contributed by atoms with Crippen molar-refractivity contribution in [2.75, 3.05) is 12.4 Å². The Morgan fingerprint density at radius 3 is 2.61 bits per heavy atom. The minimum atomic E-state index is -1.15. The summed E-state index contributed by atoms with van der Waals surface area (Å²) < 4.78 is 5.51. The zero-order valence-corrected chi connectivity index (χ0v) is 15.7. The van der Waals surface area contributed by atoms with Crippen LogP contribution in [-0.2, 0) is 9.53 Å². The van der Waals surface area contributed by atoms with Crippen LogP contribution in [0.4, 0.5) is 5.69 Å². The molecule has 0 radical (unpaired) electrons. The summed E-state index contributed by atoms with van der Waals surface area (Å²) in [6.07, 6.45) is 0. The van der Waals surface area contributed by atoms with Crippen molar-refractivity contribution in [3.05, 3.63) is 73.9 Å². The molecular weight excluding hydrogens is 386 g/mol. The molecule has 1 heterocycles. The van der Waals surface area contributed by atoms with Gasteiger partial charge in [0.15, 0.2) is 0 Å². The number of hydrogen-bond donors (Lipinski definition) is 2. The molecule has 0 aliphatic carbocycles. The van der Waals surface area contributed by atoms with Gasteiger partial charge in [-0.15, -0.1) is 0 Å². The van der Waals surface area contributed by atoms with Gasteiger partial charge in [0.05, 0.1) is 29.3 Å². The number of hydrogen-bond acceptors (Lipinski definition) is 5. The average Bonchev–Trinajstić information content (AvgIpc) is 2.67. The number of carbonyl (C=O) groups is 2. The molecule has 3 rings (SSSR count). The van der Waals surface area contributed by atoms with Gasteiger partial charge in [0, 0.05) is 5.02 Å². The fraction of sp³-hybridized carbons (Fsp3) is 0.158. The van der Waals surface area contributed by atoms with Crippen molar-refractivity contribution < 1.29 is 14.3 Å². The van der Waals surface area contributed by atoms with Crippen LogP contribution in [0.2, 0.25) is 5.02 Å². The molecule has 144 valence electrons. The molecule has 0 saturated heterocycles. The fourth-order valence-electron chi connectivity index (χ4n) is 2.79. The number of amides is 1. The van der Waals surface area contributed by atoms with Crippen LogP contribution in [0.3, 0.4) is 0 Å². The predicted molar refractivity (Wildman–Crippen MR) is 105 cm³/mol. The Bertz CT molecular complexity index is 1200. The third kappa shape index (κ3) is 3.54. The van der Waals surface area contributed by atoms with Gasteiger partial charge in [-0.3, -0.25) is 9.59 Å². The summed E-state index contributed by atoms with van der Waals surface area (Å²) in [5.41, 5.74) is -0.732. The minimum absolute atomic E-state index is 0.0900. The van der Waals surface area contributed by atoms with E-state index in [0.29, 0.717) is 5.52 Å². The maximum absolute atomic E-state index is 12.7. The van der Waals surface area contributed by atoms with Crippen LogP contribution < -0.4 is 16.6 Å². The van der Waals surface area contributed by atoms with Gasteiger partial charge in [-0.25, -0.2) is 14.2 Å². The third-order valence-corrected chi connectivity index (χ3v) is 4.48. The number of anilines is 1. The number of methoxy groups -OCH3 is 1. The monoisotopic (exact) mass is 401 g/mol. The second-order valence-electron chi connectivity index (χ2n) is 6.00. The summed E-state index contributed by atoms with van der Waals surface area (Å²) in [5.74, 6) is -1.34. The summed E-state index contributed by atoms with van der Waals surface area (Å²) >= 11 is 5.95. The smallest absolute Gasteiger partial charge is 0.339 e. The fourth-order valence-corrected chi connectivity index (χ4v) is 2.96. The van der Waals surface area contributed by atoms with E-state index in [1.807, 2.05) is 0 Å². The molecule has 0 spiro atoms. The summed E-state index contributed by atoms with van der Waals surface area (Å²) in [4.78, 5) is 52.2. The predicted octanol–water partition coefficient (Wildman–Crippen LogP) is 2.33. The van der Waals surface area contributed by atoms with Gasteiger partial charge in [-0.2, -0.15) is 0 Å². The number of nitrogens with zero attached hydrogens (tertiary/aromatic N) is 1. The molecule has 1 amide bonds. The summed E-state index contributed by atoms with van der Waals surface area (Å²) in [6.45, 7) is 1.41. The van der Waals surface area contributed by atoms with E-state index < -0.39 is 29.2 Å². The zero-order valence-electron chi connectivity index (χ0n) is 15.0. The number of para-hydroxylation sites is 1. The van der Waals surface area contributed by atoms with E-state index in [4.69, 9.17) is 11.6 Å². The molecule has 0 fully saturated rings. The SMILES string of the molecule is COC(=O)c1ccc(Cl)cc1NC(=O)C(C)n1c(=O)[nH]c2ccccc2c1=O. The lowest BCUT2D eigenvalue weighted by molar-refractivity contribution is -0.119. The van der Waals surface area contributed by atoms with E-state index in [9.17, 15) is 19.2 Å². The maximum atomic E-state index is 12.7. The number of esters is 1. The number of aromatic nitrogens is 2.